The maximum absolute atomic E-state index is 13.6. The van der Waals surface area contributed by atoms with Gasteiger partial charge in [-0.3, -0.25) is 14.4 Å². The van der Waals surface area contributed by atoms with Crippen LogP contribution in [0.1, 0.15) is 61.3 Å². The van der Waals surface area contributed by atoms with Gasteiger partial charge in [-0.05, 0) is 54.4 Å². The molecule has 19 nitrogen and oxygen atoms in total. The molecule has 1 saturated carbocycles. The van der Waals surface area contributed by atoms with Crippen LogP contribution in [0.5, 0.6) is 0 Å². The zero-order chi connectivity index (χ0) is 38.6. The molecule has 0 unspecified atom stereocenters. The van der Waals surface area contributed by atoms with E-state index in [1.165, 1.54) is 0 Å². The van der Waals surface area contributed by atoms with E-state index < -0.39 is 140 Å². The molecule has 0 aromatic carbocycles. The molecule has 0 bridgehead atoms. The van der Waals surface area contributed by atoms with Crippen LogP contribution in [0.15, 0.2) is 0 Å². The molecule has 3 aliphatic rings. The van der Waals surface area contributed by atoms with Gasteiger partial charge in [-0.25, -0.2) is 4.79 Å². The van der Waals surface area contributed by atoms with Crippen molar-refractivity contribution < 1.29 is 88.1 Å². The van der Waals surface area contributed by atoms with E-state index in [1.54, 1.807) is 41.5 Å². The highest BCUT2D eigenvalue weighted by Gasteiger charge is 2.54. The van der Waals surface area contributed by atoms with E-state index >= 15 is 0 Å². The zero-order valence-corrected chi connectivity index (χ0v) is 29.7. The average Bonchev–Trinajstić information content (AvgIpc) is 3.00. The molecule has 2 saturated heterocycles. The molecule has 0 aromatic rings. The zero-order valence-electron chi connectivity index (χ0n) is 29.7. The highest BCUT2D eigenvalue weighted by atomic mass is 16.7. The van der Waals surface area contributed by atoms with Crippen molar-refractivity contribution in [1.82, 2.24) is 5.32 Å². The summed E-state index contributed by atoms with van der Waals surface area (Å²) in [5.74, 6) is -5.93. The van der Waals surface area contributed by atoms with Crippen LogP contribution in [0.25, 0.3) is 0 Å². The Morgan fingerprint density at radius 2 is 1.20 bits per heavy atom. The molecule has 3 fully saturated rings. The summed E-state index contributed by atoms with van der Waals surface area (Å²) in [7, 11) is 0. The van der Waals surface area contributed by atoms with Crippen molar-refractivity contribution in [3.63, 3.8) is 0 Å². The molecule has 0 aromatic heterocycles. The standard InChI is InChI=1S/C32H53NO18/c1-13(36)33-21-26(49-30-25(42)24(41)22(39)18(10-34)48-30)23(40)19(11-35)47-29(21)46-17-9-15(28(44)51-32(5,6)7)14(27(43)50-31(2,3)4)8-16(17)45-12-20(37)38/h14-19,21-26,29-30,34-35,39-42H,8-12H2,1-7H3,(H,33,36)(H,37,38)/t14-,15-,16+,17-,18+,19+,21+,22-,23-,24-,25+,26+,29+,30-/m0/s1. The van der Waals surface area contributed by atoms with Crippen LogP contribution >= 0.6 is 0 Å². The number of rotatable bonds is 12. The third-order valence-corrected chi connectivity index (χ3v) is 8.38. The third-order valence-electron chi connectivity index (χ3n) is 8.38. The minimum Gasteiger partial charge on any atom is -0.480 e. The summed E-state index contributed by atoms with van der Waals surface area (Å²) in [6, 6.07) is -1.48. The summed E-state index contributed by atoms with van der Waals surface area (Å²) < 4.78 is 40.3. The second kappa shape index (κ2) is 17.5. The van der Waals surface area contributed by atoms with Gasteiger partial charge in [0, 0.05) is 6.92 Å². The second-order valence-electron chi connectivity index (χ2n) is 14.9. The largest absolute Gasteiger partial charge is 0.480 e. The second-order valence-corrected chi connectivity index (χ2v) is 14.9. The number of nitrogens with one attached hydrogen (secondary N) is 1. The average molecular weight is 740 g/mol. The predicted octanol–water partition coefficient (Wildman–Crippen LogP) is -2.68. The Balaban J connectivity index is 2.02. The molecule has 294 valence electrons. The van der Waals surface area contributed by atoms with Gasteiger partial charge in [0.2, 0.25) is 5.91 Å². The van der Waals surface area contributed by atoms with E-state index in [0.29, 0.717) is 0 Å². The lowest BCUT2D eigenvalue weighted by atomic mass is 9.76. The first-order valence-electron chi connectivity index (χ1n) is 16.7. The molecule has 8 N–H and O–H groups in total. The number of hydrogen-bond acceptors (Lipinski definition) is 17. The number of aliphatic carboxylic acids is 1. The van der Waals surface area contributed by atoms with Crippen LogP contribution in [0, 0.1) is 11.8 Å². The van der Waals surface area contributed by atoms with Crippen molar-refractivity contribution in [2.75, 3.05) is 19.8 Å². The van der Waals surface area contributed by atoms with Gasteiger partial charge in [0.05, 0.1) is 37.3 Å². The fourth-order valence-electron chi connectivity index (χ4n) is 6.15. The van der Waals surface area contributed by atoms with E-state index in [-0.39, 0.29) is 12.8 Å². The molecule has 0 radical (unpaired) electrons. The van der Waals surface area contributed by atoms with Crippen molar-refractivity contribution in [1.29, 1.82) is 0 Å². The van der Waals surface area contributed by atoms with Gasteiger partial charge in [-0.1, -0.05) is 0 Å². The van der Waals surface area contributed by atoms with Gasteiger partial charge in [-0.2, -0.15) is 0 Å². The Kier molecular flexibility index (Phi) is 14.7. The summed E-state index contributed by atoms with van der Waals surface area (Å²) in [6.45, 7) is 8.48. The smallest absolute Gasteiger partial charge is 0.329 e. The van der Waals surface area contributed by atoms with Crippen molar-refractivity contribution in [2.24, 2.45) is 11.8 Å². The van der Waals surface area contributed by atoms with Crippen LogP contribution in [-0.4, -0.2) is 164 Å². The quantitative estimate of drug-likeness (QED) is 0.0946. The molecule has 19 heteroatoms. The molecule has 14 atom stereocenters. The maximum Gasteiger partial charge on any atom is 0.329 e. The normalized spacial score (nSPS) is 37.7. The Labute approximate surface area is 295 Å². The first kappa shape index (κ1) is 42.8. The SMILES string of the molecule is CC(=O)N[C@H]1[C@H](O[C@H]2C[C@H](C(=O)OC(C)(C)C)[C@@H](C(=O)OC(C)(C)C)C[C@H]2OCC(=O)O)O[C@H](CO)[C@H](O)[C@@H]1O[C@@H]1O[C@H](CO)[C@H](O)[C@H](O)[C@H]1O. The minimum atomic E-state index is -1.91. The topological polar surface area (TPSA) is 287 Å². The highest BCUT2D eigenvalue weighted by molar-refractivity contribution is 5.83. The van der Waals surface area contributed by atoms with Crippen LogP contribution in [0.4, 0.5) is 0 Å². The van der Waals surface area contributed by atoms with E-state index in [4.69, 9.17) is 33.2 Å². The van der Waals surface area contributed by atoms with Crippen LogP contribution < -0.4 is 5.32 Å². The highest BCUT2D eigenvalue weighted by Crippen LogP contribution is 2.39. The molecule has 51 heavy (non-hydrogen) atoms. The number of carbonyl (C=O) groups excluding carboxylic acids is 3. The number of aliphatic hydroxyl groups is 6. The third kappa shape index (κ3) is 11.5. The number of amides is 1. The van der Waals surface area contributed by atoms with Crippen molar-refractivity contribution in [3.8, 4) is 0 Å². The lowest BCUT2D eigenvalue weighted by molar-refractivity contribution is -0.350. The Morgan fingerprint density at radius 1 is 0.706 bits per heavy atom. The van der Waals surface area contributed by atoms with Crippen LogP contribution in [-0.2, 0) is 52.3 Å². The monoisotopic (exact) mass is 739 g/mol. The molecular formula is C32H53NO18. The van der Waals surface area contributed by atoms with Gasteiger partial charge in [0.1, 0.15) is 66.6 Å². The van der Waals surface area contributed by atoms with Gasteiger partial charge >= 0.3 is 17.9 Å². The lowest BCUT2D eigenvalue weighted by Crippen LogP contribution is -2.68. The predicted molar refractivity (Wildman–Crippen MR) is 168 cm³/mol. The summed E-state index contributed by atoms with van der Waals surface area (Å²) in [5.41, 5.74) is -1.91. The van der Waals surface area contributed by atoms with Gasteiger partial charge in [-0.15, -0.1) is 0 Å². The van der Waals surface area contributed by atoms with E-state index in [9.17, 15) is 54.9 Å². The Hall–Kier alpha value is -2.56. The summed E-state index contributed by atoms with van der Waals surface area (Å²) in [5, 5.41) is 74.0. The van der Waals surface area contributed by atoms with Crippen LogP contribution in [0.3, 0.4) is 0 Å². The minimum absolute atomic E-state index is 0.273. The van der Waals surface area contributed by atoms with Gasteiger partial charge in [0.15, 0.2) is 12.6 Å². The molecule has 0 spiro atoms. The number of hydrogen-bond donors (Lipinski definition) is 8. The fourth-order valence-corrected chi connectivity index (χ4v) is 6.15. The molecule has 1 amide bonds. The van der Waals surface area contributed by atoms with Gasteiger partial charge in [0.25, 0.3) is 0 Å². The van der Waals surface area contributed by atoms with Crippen molar-refractivity contribution in [3.05, 3.63) is 0 Å². The molecular weight excluding hydrogens is 686 g/mol. The number of aliphatic hydroxyl groups excluding tert-OH is 6. The first-order valence-corrected chi connectivity index (χ1v) is 16.7. The number of esters is 2. The van der Waals surface area contributed by atoms with Crippen molar-refractivity contribution in [2.45, 2.75) is 146 Å². The molecule has 3 rings (SSSR count). The summed E-state index contributed by atoms with van der Waals surface area (Å²) >= 11 is 0. The Morgan fingerprint density at radius 3 is 1.67 bits per heavy atom. The summed E-state index contributed by atoms with van der Waals surface area (Å²) in [6.07, 6.45) is -18.1. The Bertz CT molecular complexity index is 1200. The number of carboxylic acid groups (broad SMARTS) is 1. The first-order chi connectivity index (χ1) is 23.6. The van der Waals surface area contributed by atoms with Crippen molar-refractivity contribution >= 4 is 23.8 Å². The molecule has 2 heterocycles. The molecule has 1 aliphatic carbocycles. The number of carboxylic acids is 1. The van der Waals surface area contributed by atoms with Crippen LogP contribution in [0.2, 0.25) is 0 Å². The molecule has 2 aliphatic heterocycles. The maximum atomic E-state index is 13.6. The van der Waals surface area contributed by atoms with E-state index in [1.807, 2.05) is 0 Å². The lowest BCUT2D eigenvalue weighted by Gasteiger charge is -2.49. The van der Waals surface area contributed by atoms with E-state index in [2.05, 4.69) is 5.32 Å². The number of ether oxygens (including phenoxy) is 7. The number of carbonyl (C=O) groups is 4. The fraction of sp³-hybridized carbons (Fsp3) is 0.875. The van der Waals surface area contributed by atoms with Gasteiger partial charge < -0.3 is 74.2 Å². The summed E-state index contributed by atoms with van der Waals surface area (Å²) in [4.78, 5) is 51.0. The van der Waals surface area contributed by atoms with E-state index in [0.717, 1.165) is 6.92 Å².